The van der Waals surface area contributed by atoms with Crippen LogP contribution in [0, 0.1) is 5.82 Å². The number of benzene rings is 2. The highest BCUT2D eigenvalue weighted by molar-refractivity contribution is 6.31. The first-order valence-electron chi connectivity index (χ1n) is 9.04. The van der Waals surface area contributed by atoms with Crippen LogP contribution in [0.15, 0.2) is 64.2 Å². The minimum atomic E-state index is -0.284. The molecule has 2 aromatic carbocycles. The fourth-order valence-corrected chi connectivity index (χ4v) is 2.92. The normalized spacial score (nSPS) is 11.5. The average Bonchev–Trinajstić information content (AvgIpc) is 3.17. The molecule has 0 saturated heterocycles. The molecule has 1 aromatic heterocycles. The summed E-state index contributed by atoms with van der Waals surface area (Å²) in [6.07, 6.45) is 3.11. The van der Waals surface area contributed by atoms with E-state index in [1.807, 2.05) is 24.3 Å². The summed E-state index contributed by atoms with van der Waals surface area (Å²) >= 11 is 6.17. The molecule has 3 aromatic rings. The van der Waals surface area contributed by atoms with E-state index in [-0.39, 0.29) is 5.82 Å². The van der Waals surface area contributed by atoms with Crippen LogP contribution in [0.25, 0.3) is 11.5 Å². The summed E-state index contributed by atoms with van der Waals surface area (Å²) in [5.41, 5.74) is 2.67. The Kier molecular flexibility index (Phi) is 7.03. The minimum absolute atomic E-state index is 0.284. The van der Waals surface area contributed by atoms with E-state index in [9.17, 15) is 4.39 Å². The van der Waals surface area contributed by atoms with Crippen molar-refractivity contribution in [3.63, 3.8) is 0 Å². The Morgan fingerprint density at radius 3 is 2.50 bits per heavy atom. The molecule has 0 radical (unpaired) electrons. The van der Waals surface area contributed by atoms with Gasteiger partial charge in [-0.1, -0.05) is 29.8 Å². The quantitative estimate of drug-likeness (QED) is 0.463. The predicted molar refractivity (Wildman–Crippen MR) is 110 cm³/mol. The van der Waals surface area contributed by atoms with E-state index in [2.05, 4.69) is 20.6 Å². The number of halogens is 2. The second kappa shape index (κ2) is 9.90. The summed E-state index contributed by atoms with van der Waals surface area (Å²) in [6, 6.07) is 13.9. The maximum absolute atomic E-state index is 13.0. The molecule has 7 heteroatoms. The van der Waals surface area contributed by atoms with Crippen molar-refractivity contribution in [3.8, 4) is 11.5 Å². The van der Waals surface area contributed by atoms with Gasteiger partial charge in [0, 0.05) is 37.1 Å². The number of rotatable bonds is 7. The van der Waals surface area contributed by atoms with E-state index >= 15 is 0 Å². The van der Waals surface area contributed by atoms with Crippen molar-refractivity contribution in [2.75, 3.05) is 20.1 Å². The predicted octanol–water partition coefficient (Wildman–Crippen LogP) is 4.08. The third kappa shape index (κ3) is 5.57. The van der Waals surface area contributed by atoms with Crippen LogP contribution >= 0.6 is 11.6 Å². The highest BCUT2D eigenvalue weighted by atomic mass is 35.5. The molecule has 0 aliphatic rings. The number of guanidine groups is 1. The molecule has 5 nitrogen and oxygen atoms in total. The Morgan fingerprint density at radius 1 is 1.07 bits per heavy atom. The van der Waals surface area contributed by atoms with Crippen LogP contribution in [0.3, 0.4) is 0 Å². The molecule has 0 saturated carbocycles. The summed E-state index contributed by atoms with van der Waals surface area (Å²) < 4.78 is 18.5. The Hall–Kier alpha value is -2.86. The lowest BCUT2D eigenvalue weighted by Crippen LogP contribution is -2.39. The van der Waals surface area contributed by atoms with Crippen molar-refractivity contribution < 1.29 is 8.81 Å². The van der Waals surface area contributed by atoms with Crippen LogP contribution in [-0.2, 0) is 12.8 Å². The van der Waals surface area contributed by atoms with Crippen molar-refractivity contribution in [3.05, 3.63) is 76.9 Å². The molecule has 0 unspecified atom stereocenters. The maximum atomic E-state index is 13.0. The SMILES string of the molecule is CN=C(NCCc1coc(-c2ccc(F)cc2)n1)NCCc1ccccc1Cl. The molecule has 28 heavy (non-hydrogen) atoms. The Labute approximate surface area is 168 Å². The van der Waals surface area contributed by atoms with Crippen molar-refractivity contribution in [2.45, 2.75) is 12.8 Å². The number of hydrogen-bond donors (Lipinski definition) is 2. The lowest BCUT2D eigenvalue weighted by molar-refractivity contribution is 0.571. The molecule has 0 bridgehead atoms. The molecule has 0 fully saturated rings. The minimum Gasteiger partial charge on any atom is -0.444 e. The van der Waals surface area contributed by atoms with Gasteiger partial charge in [-0.3, -0.25) is 4.99 Å². The monoisotopic (exact) mass is 400 g/mol. The van der Waals surface area contributed by atoms with Gasteiger partial charge >= 0.3 is 0 Å². The molecule has 0 spiro atoms. The number of oxazole rings is 1. The Balaban J connectivity index is 1.43. The number of aromatic nitrogens is 1. The zero-order valence-electron chi connectivity index (χ0n) is 15.6. The molecular weight excluding hydrogens is 379 g/mol. The summed E-state index contributed by atoms with van der Waals surface area (Å²) in [7, 11) is 1.73. The van der Waals surface area contributed by atoms with E-state index in [0.717, 1.165) is 34.8 Å². The van der Waals surface area contributed by atoms with E-state index < -0.39 is 0 Å². The molecule has 3 rings (SSSR count). The smallest absolute Gasteiger partial charge is 0.226 e. The molecule has 0 aliphatic heterocycles. The van der Waals surface area contributed by atoms with Crippen LogP contribution in [0.1, 0.15) is 11.3 Å². The summed E-state index contributed by atoms with van der Waals surface area (Å²) in [5.74, 6) is 0.916. The average molecular weight is 401 g/mol. The van der Waals surface area contributed by atoms with E-state index in [0.29, 0.717) is 24.8 Å². The lowest BCUT2D eigenvalue weighted by Gasteiger charge is -2.11. The highest BCUT2D eigenvalue weighted by Gasteiger charge is 2.07. The van der Waals surface area contributed by atoms with Crippen molar-refractivity contribution in [2.24, 2.45) is 4.99 Å². The van der Waals surface area contributed by atoms with Gasteiger partial charge in [0.05, 0.1) is 5.69 Å². The maximum Gasteiger partial charge on any atom is 0.226 e. The van der Waals surface area contributed by atoms with Gasteiger partial charge in [0.15, 0.2) is 5.96 Å². The number of nitrogens with zero attached hydrogens (tertiary/aromatic N) is 2. The third-order valence-electron chi connectivity index (χ3n) is 4.18. The standard InChI is InChI=1S/C21H22ClFN4O/c1-24-21(25-12-10-15-4-2-3-5-19(15)22)26-13-11-18-14-28-20(27-18)16-6-8-17(23)9-7-16/h2-9,14H,10-13H2,1H3,(H2,24,25,26). The number of aliphatic imine (C=N–C) groups is 1. The first-order chi connectivity index (χ1) is 13.7. The van der Waals surface area contributed by atoms with Gasteiger partial charge in [-0.2, -0.15) is 0 Å². The first-order valence-corrected chi connectivity index (χ1v) is 9.42. The van der Waals surface area contributed by atoms with Crippen molar-refractivity contribution >= 4 is 17.6 Å². The Bertz CT molecular complexity index is 924. The molecule has 1 heterocycles. The van der Waals surface area contributed by atoms with Gasteiger partial charge in [0.25, 0.3) is 0 Å². The van der Waals surface area contributed by atoms with Crippen molar-refractivity contribution in [1.82, 2.24) is 15.6 Å². The van der Waals surface area contributed by atoms with Crippen LogP contribution in [0.2, 0.25) is 5.02 Å². The van der Waals surface area contributed by atoms with Gasteiger partial charge in [0.1, 0.15) is 12.1 Å². The summed E-state index contributed by atoms with van der Waals surface area (Å²) in [4.78, 5) is 8.66. The van der Waals surface area contributed by atoms with Crippen LogP contribution in [-0.4, -0.2) is 31.1 Å². The summed E-state index contributed by atoms with van der Waals surface area (Å²) in [5, 5.41) is 7.29. The molecule has 0 aliphatic carbocycles. The molecule has 2 N–H and O–H groups in total. The molecule has 0 amide bonds. The van der Waals surface area contributed by atoms with Crippen LogP contribution < -0.4 is 10.6 Å². The highest BCUT2D eigenvalue weighted by Crippen LogP contribution is 2.19. The zero-order chi connectivity index (χ0) is 19.8. The molecule has 146 valence electrons. The fourth-order valence-electron chi connectivity index (χ4n) is 2.69. The fraction of sp³-hybridized carbons (Fsp3) is 0.238. The van der Waals surface area contributed by atoms with Gasteiger partial charge < -0.3 is 15.1 Å². The van der Waals surface area contributed by atoms with E-state index in [1.165, 1.54) is 12.1 Å². The van der Waals surface area contributed by atoms with Gasteiger partial charge in [-0.15, -0.1) is 0 Å². The number of hydrogen-bond acceptors (Lipinski definition) is 3. The second-order valence-corrected chi connectivity index (χ2v) is 6.58. The van der Waals surface area contributed by atoms with Gasteiger partial charge in [-0.25, -0.2) is 9.37 Å². The lowest BCUT2D eigenvalue weighted by atomic mass is 10.1. The molecular formula is C21H22ClFN4O. The topological polar surface area (TPSA) is 62.5 Å². The van der Waals surface area contributed by atoms with Gasteiger partial charge in [-0.05, 0) is 42.3 Å². The van der Waals surface area contributed by atoms with E-state index in [4.69, 9.17) is 16.0 Å². The van der Waals surface area contributed by atoms with Gasteiger partial charge in [0.2, 0.25) is 5.89 Å². The number of nitrogens with one attached hydrogen (secondary N) is 2. The van der Waals surface area contributed by atoms with Crippen LogP contribution in [0.5, 0.6) is 0 Å². The van der Waals surface area contributed by atoms with E-state index in [1.54, 1.807) is 25.4 Å². The molecule has 0 atom stereocenters. The largest absolute Gasteiger partial charge is 0.444 e. The zero-order valence-corrected chi connectivity index (χ0v) is 16.3. The first kappa shape index (κ1) is 19.9. The van der Waals surface area contributed by atoms with Crippen molar-refractivity contribution in [1.29, 1.82) is 0 Å². The third-order valence-corrected chi connectivity index (χ3v) is 4.55. The van der Waals surface area contributed by atoms with Crippen LogP contribution in [0.4, 0.5) is 4.39 Å². The second-order valence-electron chi connectivity index (χ2n) is 6.17. The summed E-state index contributed by atoms with van der Waals surface area (Å²) in [6.45, 7) is 1.38. The Morgan fingerprint density at radius 2 is 1.79 bits per heavy atom.